The van der Waals surface area contributed by atoms with Gasteiger partial charge < -0.3 is 23.0 Å². The van der Waals surface area contributed by atoms with Gasteiger partial charge in [-0.2, -0.15) is 0 Å². The van der Waals surface area contributed by atoms with Gasteiger partial charge in [-0.05, 0) is 83.3 Å². The van der Waals surface area contributed by atoms with E-state index >= 15 is 0 Å². The van der Waals surface area contributed by atoms with Gasteiger partial charge in [-0.1, -0.05) is 224 Å². The van der Waals surface area contributed by atoms with Crippen LogP contribution in [0.4, 0.5) is 34.1 Å². The number of para-hydroxylation sites is 5. The van der Waals surface area contributed by atoms with Crippen molar-refractivity contribution < 1.29 is 8.83 Å². The Labute approximate surface area is 466 Å². The highest BCUT2D eigenvalue weighted by Crippen LogP contribution is 2.56. The highest BCUT2D eigenvalue weighted by Gasteiger charge is 2.32. The normalized spacial score (nSPS) is 12.1. The second-order valence-electron chi connectivity index (χ2n) is 21.6. The average molecular weight is 1040 g/mol. The summed E-state index contributed by atoms with van der Waals surface area (Å²) >= 11 is 0. The van der Waals surface area contributed by atoms with Crippen LogP contribution < -0.4 is 9.80 Å². The molecule has 0 atom stereocenters. The van der Waals surface area contributed by atoms with Crippen molar-refractivity contribution in [1.82, 2.24) is 4.40 Å². The summed E-state index contributed by atoms with van der Waals surface area (Å²) in [6.45, 7) is 4.44. The number of hydrogen-bond acceptors (Lipinski definition) is 4. The molecule has 380 valence electrons. The van der Waals surface area contributed by atoms with Gasteiger partial charge in [0.1, 0.15) is 11.2 Å². The molecule has 17 rings (SSSR count). The van der Waals surface area contributed by atoms with Crippen LogP contribution in [0.3, 0.4) is 0 Å². The van der Waals surface area contributed by atoms with Gasteiger partial charge in [0.05, 0.1) is 39.3 Å². The van der Waals surface area contributed by atoms with E-state index in [4.69, 9.17) is 8.83 Å². The van der Waals surface area contributed by atoms with E-state index in [0.29, 0.717) is 0 Å². The summed E-state index contributed by atoms with van der Waals surface area (Å²) in [6, 6.07) is 94.6. The summed E-state index contributed by atoms with van der Waals surface area (Å²) in [5.41, 5.74) is 19.8. The summed E-state index contributed by atoms with van der Waals surface area (Å²) in [5.74, 6) is 0. The first-order valence-electron chi connectivity index (χ1n) is 27.8. The predicted molar refractivity (Wildman–Crippen MR) is 340 cm³/mol. The number of hydrogen-bond donors (Lipinski definition) is 0. The minimum Gasteiger partial charge on any atom is -0.453 e. The Hall–Kier alpha value is -10.6. The van der Waals surface area contributed by atoms with Crippen molar-refractivity contribution in [2.45, 2.75) is 13.8 Å². The van der Waals surface area contributed by atoms with Gasteiger partial charge in [0, 0.05) is 76.4 Å². The van der Waals surface area contributed by atoms with Gasteiger partial charge in [-0.3, -0.25) is 0 Å². The Kier molecular flexibility index (Phi) is 9.78. The topological polar surface area (TPSA) is 37.2 Å². The Balaban J connectivity index is 0.996. The first-order valence-corrected chi connectivity index (χ1v) is 27.8. The quantitative estimate of drug-likeness (QED) is 0.152. The van der Waals surface area contributed by atoms with Gasteiger partial charge in [0.25, 0.3) is 0 Å². The first-order chi connectivity index (χ1) is 40.1. The van der Waals surface area contributed by atoms with Crippen LogP contribution in [-0.2, 0) is 0 Å². The van der Waals surface area contributed by atoms with Crippen LogP contribution in [0.15, 0.2) is 270 Å². The lowest BCUT2D eigenvalue weighted by molar-refractivity contribution is 0.669. The fraction of sp³-hybridized carbons (Fsp3) is 0.0263. The molecule has 0 aliphatic rings. The summed E-state index contributed by atoms with van der Waals surface area (Å²) in [5, 5.41) is 13.6. The highest BCUT2D eigenvalue weighted by atomic mass is 16.3. The molecule has 0 aliphatic heterocycles. The van der Waals surface area contributed by atoms with Crippen LogP contribution in [-0.4, -0.2) is 4.40 Å². The largest absolute Gasteiger partial charge is 0.453 e. The van der Waals surface area contributed by atoms with Crippen molar-refractivity contribution in [1.29, 1.82) is 0 Å². The molecule has 0 spiro atoms. The van der Waals surface area contributed by atoms with E-state index in [1.165, 1.54) is 27.1 Å². The van der Waals surface area contributed by atoms with Gasteiger partial charge in [0.2, 0.25) is 0 Å². The SMILES string of the molecule is Cc1ccc2c(oc3c(-c4ccccc4)cccc32)c1N(c1ccccc1)c1c2ccccc2cc2c1c1cccc3c4c(N(c5ccccc5)c5c(C)ccc6c5oc5c(-c7ccccc7)cccc56)c5ccccc5cc4n2c13. The third kappa shape index (κ3) is 6.54. The molecule has 0 saturated carbocycles. The first kappa shape index (κ1) is 45.4. The molecule has 0 bridgehead atoms. The lowest BCUT2D eigenvalue weighted by Crippen LogP contribution is -2.13. The van der Waals surface area contributed by atoms with E-state index < -0.39 is 0 Å². The molecule has 0 fully saturated rings. The monoisotopic (exact) mass is 1040 g/mol. The standard InChI is InChI=1S/C76H49N3O2/c1-46-40-42-60-58-36-19-34-56(48-22-7-3-8-23-48)73(58)80-75(60)68(46)77(52-28-11-5-12-29-52)71-54-32-17-15-26-50(54)44-64-66(71)62-38-21-39-63-67-65(79(64)70(62)63)45-51-27-16-18-33-55(51)72(67)78(53-30-13-6-14-31-53)69-47(2)41-43-61-59-37-20-35-57(74(59)81-76(61)69)49-24-9-4-10-25-49/h3-45H,1-2H3. The fourth-order valence-corrected chi connectivity index (χ4v) is 13.6. The van der Waals surface area contributed by atoms with E-state index in [1.807, 2.05) is 0 Å². The number of furan rings is 2. The van der Waals surface area contributed by atoms with Crippen molar-refractivity contribution in [3.05, 3.63) is 272 Å². The molecular weight excluding hydrogens is 987 g/mol. The fourth-order valence-electron chi connectivity index (χ4n) is 13.6. The molecule has 0 aliphatic carbocycles. The summed E-state index contributed by atoms with van der Waals surface area (Å²) in [6.07, 6.45) is 0. The third-order valence-corrected chi connectivity index (χ3v) is 17.1. The van der Waals surface area contributed by atoms with E-state index in [2.05, 4.69) is 289 Å². The maximum Gasteiger partial charge on any atom is 0.159 e. The van der Waals surface area contributed by atoms with Crippen LogP contribution in [0, 0.1) is 13.8 Å². The Bertz CT molecular complexity index is 5040. The summed E-state index contributed by atoms with van der Waals surface area (Å²) in [7, 11) is 0. The summed E-state index contributed by atoms with van der Waals surface area (Å²) < 4.78 is 17.2. The third-order valence-electron chi connectivity index (χ3n) is 17.1. The maximum absolute atomic E-state index is 7.34. The van der Waals surface area contributed by atoms with Crippen molar-refractivity contribution in [3.63, 3.8) is 0 Å². The van der Waals surface area contributed by atoms with E-state index in [1.54, 1.807) is 0 Å². The molecule has 81 heavy (non-hydrogen) atoms. The lowest BCUT2D eigenvalue weighted by atomic mass is 9.97. The minimum absolute atomic E-state index is 0.850. The van der Waals surface area contributed by atoms with Crippen molar-refractivity contribution in [3.8, 4) is 22.3 Å². The number of benzene rings is 13. The number of nitrogens with zero attached hydrogens (tertiary/aromatic N) is 3. The molecule has 0 amide bonds. The Morgan fingerprint density at radius 1 is 0.296 bits per heavy atom. The zero-order valence-electron chi connectivity index (χ0n) is 44.5. The van der Waals surface area contributed by atoms with Crippen LogP contribution in [0.2, 0.25) is 0 Å². The van der Waals surface area contributed by atoms with Gasteiger partial charge in [-0.25, -0.2) is 0 Å². The van der Waals surface area contributed by atoms with E-state index in [0.717, 1.165) is 144 Å². The molecule has 17 aromatic rings. The molecule has 0 radical (unpaired) electrons. The molecule has 5 nitrogen and oxygen atoms in total. The molecule has 0 unspecified atom stereocenters. The van der Waals surface area contributed by atoms with E-state index in [-0.39, 0.29) is 0 Å². The van der Waals surface area contributed by atoms with Crippen molar-refractivity contribution in [2.24, 2.45) is 0 Å². The summed E-state index contributed by atoms with van der Waals surface area (Å²) in [4.78, 5) is 4.99. The van der Waals surface area contributed by atoms with Crippen LogP contribution in [0.25, 0.3) is 126 Å². The van der Waals surface area contributed by atoms with Gasteiger partial charge >= 0.3 is 0 Å². The molecule has 4 heterocycles. The van der Waals surface area contributed by atoms with Gasteiger partial charge in [0.15, 0.2) is 11.2 Å². The Morgan fingerprint density at radius 3 is 1.10 bits per heavy atom. The van der Waals surface area contributed by atoms with Crippen molar-refractivity contribution >= 4 is 138 Å². The van der Waals surface area contributed by atoms with Crippen LogP contribution >= 0.6 is 0 Å². The highest BCUT2D eigenvalue weighted by molar-refractivity contribution is 6.34. The smallest absolute Gasteiger partial charge is 0.159 e. The van der Waals surface area contributed by atoms with Gasteiger partial charge in [-0.15, -0.1) is 0 Å². The molecular formula is C76H49N3O2. The molecule has 5 heteroatoms. The molecule has 13 aromatic carbocycles. The predicted octanol–water partition coefficient (Wildman–Crippen LogP) is 21.8. The van der Waals surface area contributed by atoms with E-state index in [9.17, 15) is 0 Å². The average Bonchev–Trinajstić information content (AvgIpc) is 3.03. The Morgan fingerprint density at radius 2 is 0.654 bits per heavy atom. The number of fused-ring (bicyclic) bond motifs is 14. The minimum atomic E-state index is 0.850. The van der Waals surface area contributed by atoms with Crippen LogP contribution in [0.5, 0.6) is 0 Å². The van der Waals surface area contributed by atoms with Crippen LogP contribution in [0.1, 0.15) is 11.1 Å². The number of aryl methyl sites for hydroxylation is 2. The lowest BCUT2D eigenvalue weighted by Gasteiger charge is -2.30. The molecule has 4 aromatic heterocycles. The number of aromatic nitrogens is 1. The second-order valence-corrected chi connectivity index (χ2v) is 21.6. The number of anilines is 6. The maximum atomic E-state index is 7.34. The molecule has 0 saturated heterocycles. The zero-order valence-corrected chi connectivity index (χ0v) is 44.5. The zero-order chi connectivity index (χ0) is 53.4. The van der Waals surface area contributed by atoms with Crippen molar-refractivity contribution in [2.75, 3.05) is 9.80 Å². The molecule has 0 N–H and O–H groups in total. The second kappa shape index (κ2) is 17.4. The number of rotatable bonds is 8.